The van der Waals surface area contributed by atoms with E-state index in [0.29, 0.717) is 24.3 Å². The molecule has 1 fully saturated rings. The van der Waals surface area contributed by atoms with Crippen LogP contribution in [0.25, 0.3) is 0 Å². The molecule has 0 spiro atoms. The average molecular weight is 506 g/mol. The van der Waals surface area contributed by atoms with E-state index in [9.17, 15) is 9.18 Å². The van der Waals surface area contributed by atoms with E-state index in [1.807, 2.05) is 6.92 Å². The van der Waals surface area contributed by atoms with Gasteiger partial charge in [0.1, 0.15) is 24.2 Å². The first-order chi connectivity index (χ1) is 12.9. The van der Waals surface area contributed by atoms with Gasteiger partial charge in [-0.15, -0.1) is 24.0 Å². The molecule has 0 heterocycles. The molecule has 0 bridgehead atoms. The second kappa shape index (κ2) is 12.8. The van der Waals surface area contributed by atoms with Crippen LogP contribution >= 0.6 is 24.0 Å². The molecule has 1 unspecified atom stereocenters. The fourth-order valence-electron chi connectivity index (χ4n) is 2.94. The van der Waals surface area contributed by atoms with Gasteiger partial charge >= 0.3 is 0 Å². The SMILES string of the molecule is CC(CNC(=NCC(=O)N(C)C)NC1CCCCC1)Oc1cccc(F)c1.I. The van der Waals surface area contributed by atoms with Crippen LogP contribution in [0, 0.1) is 5.82 Å². The zero-order valence-corrected chi connectivity index (χ0v) is 19.2. The Morgan fingerprint density at radius 3 is 2.68 bits per heavy atom. The number of hydrogen-bond donors (Lipinski definition) is 2. The molecule has 1 aromatic carbocycles. The summed E-state index contributed by atoms with van der Waals surface area (Å²) < 4.78 is 19.0. The van der Waals surface area contributed by atoms with E-state index in [0.717, 1.165) is 12.8 Å². The van der Waals surface area contributed by atoms with Crippen molar-refractivity contribution in [2.24, 2.45) is 4.99 Å². The summed E-state index contributed by atoms with van der Waals surface area (Å²) in [6.45, 7) is 2.49. The van der Waals surface area contributed by atoms with E-state index in [-0.39, 0.29) is 48.3 Å². The Labute approximate surface area is 184 Å². The third-order valence-corrected chi connectivity index (χ3v) is 4.51. The summed E-state index contributed by atoms with van der Waals surface area (Å²) in [6, 6.07) is 6.47. The molecule has 2 N–H and O–H groups in total. The lowest BCUT2D eigenvalue weighted by Gasteiger charge is -2.26. The molecule has 1 aromatic rings. The Bertz CT molecular complexity index is 636. The van der Waals surface area contributed by atoms with Crippen LogP contribution in [0.15, 0.2) is 29.3 Å². The molecule has 0 aliphatic heterocycles. The summed E-state index contributed by atoms with van der Waals surface area (Å²) >= 11 is 0. The van der Waals surface area contributed by atoms with E-state index >= 15 is 0 Å². The molecule has 0 saturated heterocycles. The lowest BCUT2D eigenvalue weighted by Crippen LogP contribution is -2.47. The highest BCUT2D eigenvalue weighted by Crippen LogP contribution is 2.17. The van der Waals surface area contributed by atoms with E-state index in [4.69, 9.17) is 4.74 Å². The summed E-state index contributed by atoms with van der Waals surface area (Å²) in [5, 5.41) is 6.68. The molecule has 1 aliphatic carbocycles. The molecule has 1 saturated carbocycles. The van der Waals surface area contributed by atoms with Crippen LogP contribution < -0.4 is 15.4 Å². The zero-order chi connectivity index (χ0) is 19.6. The van der Waals surface area contributed by atoms with Crippen LogP contribution in [0.3, 0.4) is 0 Å². The second-order valence-corrected chi connectivity index (χ2v) is 7.20. The summed E-state index contributed by atoms with van der Waals surface area (Å²) in [6.07, 6.45) is 5.72. The van der Waals surface area contributed by atoms with Crippen molar-refractivity contribution in [1.29, 1.82) is 0 Å². The van der Waals surface area contributed by atoms with Gasteiger partial charge in [-0.2, -0.15) is 0 Å². The summed E-state index contributed by atoms with van der Waals surface area (Å²) in [4.78, 5) is 17.8. The fourth-order valence-corrected chi connectivity index (χ4v) is 2.94. The number of carbonyl (C=O) groups is 1. The van der Waals surface area contributed by atoms with Gasteiger partial charge in [0.05, 0.1) is 6.54 Å². The van der Waals surface area contributed by atoms with Gasteiger partial charge in [0, 0.05) is 26.2 Å². The van der Waals surface area contributed by atoms with Crippen LogP contribution in [0.5, 0.6) is 5.75 Å². The van der Waals surface area contributed by atoms with E-state index in [1.165, 1.54) is 36.3 Å². The fraction of sp³-hybridized carbons (Fsp3) is 0.600. The molecule has 28 heavy (non-hydrogen) atoms. The molecule has 0 radical (unpaired) electrons. The van der Waals surface area contributed by atoms with E-state index < -0.39 is 0 Å². The van der Waals surface area contributed by atoms with Gasteiger partial charge in [0.25, 0.3) is 0 Å². The van der Waals surface area contributed by atoms with Crippen LogP contribution in [-0.4, -0.2) is 56.1 Å². The van der Waals surface area contributed by atoms with Crippen LogP contribution in [0.1, 0.15) is 39.0 Å². The van der Waals surface area contributed by atoms with Gasteiger partial charge < -0.3 is 20.3 Å². The van der Waals surface area contributed by atoms with Crippen molar-refractivity contribution >= 4 is 35.8 Å². The highest BCUT2D eigenvalue weighted by atomic mass is 127. The molecule has 158 valence electrons. The molecule has 1 atom stereocenters. The van der Waals surface area contributed by atoms with Crippen LogP contribution in [0.2, 0.25) is 0 Å². The quantitative estimate of drug-likeness (QED) is 0.339. The molecule has 2 rings (SSSR count). The predicted octanol–water partition coefficient (Wildman–Crippen LogP) is 3.17. The smallest absolute Gasteiger partial charge is 0.243 e. The van der Waals surface area contributed by atoms with Crippen molar-refractivity contribution in [2.45, 2.75) is 51.2 Å². The molecular formula is C20H32FIN4O2. The minimum absolute atomic E-state index is 0. The number of nitrogens with zero attached hydrogens (tertiary/aromatic N) is 2. The van der Waals surface area contributed by atoms with Crippen molar-refractivity contribution in [3.8, 4) is 5.75 Å². The summed E-state index contributed by atoms with van der Waals surface area (Å²) in [5.41, 5.74) is 0. The second-order valence-electron chi connectivity index (χ2n) is 7.20. The first-order valence-electron chi connectivity index (χ1n) is 9.61. The number of likely N-dealkylation sites (N-methyl/N-ethyl adjacent to an activating group) is 1. The van der Waals surface area contributed by atoms with Gasteiger partial charge in [0.15, 0.2) is 5.96 Å². The van der Waals surface area contributed by atoms with Crippen molar-refractivity contribution in [2.75, 3.05) is 27.2 Å². The number of rotatable bonds is 7. The van der Waals surface area contributed by atoms with Crippen LogP contribution in [0.4, 0.5) is 4.39 Å². The largest absolute Gasteiger partial charge is 0.489 e. The van der Waals surface area contributed by atoms with Crippen molar-refractivity contribution < 1.29 is 13.9 Å². The highest BCUT2D eigenvalue weighted by Gasteiger charge is 2.16. The molecule has 1 aliphatic rings. The maximum atomic E-state index is 13.3. The van der Waals surface area contributed by atoms with Crippen molar-refractivity contribution in [3.63, 3.8) is 0 Å². The normalized spacial score (nSPS) is 15.9. The Hall–Kier alpha value is -1.58. The van der Waals surface area contributed by atoms with Crippen molar-refractivity contribution in [3.05, 3.63) is 30.1 Å². The molecule has 8 heteroatoms. The Kier molecular flexibility index (Phi) is 11.2. The number of guanidine groups is 1. The Balaban J connectivity index is 0.00000392. The third kappa shape index (κ3) is 9.07. The number of halogens is 2. The first-order valence-corrected chi connectivity index (χ1v) is 9.61. The first kappa shape index (κ1) is 24.5. The third-order valence-electron chi connectivity index (χ3n) is 4.51. The summed E-state index contributed by atoms with van der Waals surface area (Å²) in [5.74, 6) is 0.734. The number of benzene rings is 1. The number of aliphatic imine (C=N–C) groups is 1. The highest BCUT2D eigenvalue weighted by molar-refractivity contribution is 14.0. The van der Waals surface area contributed by atoms with Gasteiger partial charge in [-0.1, -0.05) is 25.3 Å². The maximum Gasteiger partial charge on any atom is 0.243 e. The standard InChI is InChI=1S/C20H31FN4O2.HI/c1-15(27-18-11-7-8-16(21)12-18)13-22-20(23-14-19(26)25(2)3)24-17-9-5-4-6-10-17;/h7-8,11-12,15,17H,4-6,9-10,13-14H2,1-3H3,(H2,22,23,24);1H. The topological polar surface area (TPSA) is 66.0 Å². The number of amides is 1. The van der Waals surface area contributed by atoms with Gasteiger partial charge in [-0.05, 0) is 31.9 Å². The number of nitrogens with one attached hydrogen (secondary N) is 2. The number of hydrogen-bond acceptors (Lipinski definition) is 3. The monoisotopic (exact) mass is 506 g/mol. The van der Waals surface area contributed by atoms with E-state index in [2.05, 4.69) is 15.6 Å². The maximum absolute atomic E-state index is 13.3. The van der Waals surface area contributed by atoms with Gasteiger partial charge in [0.2, 0.25) is 5.91 Å². The predicted molar refractivity (Wildman–Crippen MR) is 121 cm³/mol. The lowest BCUT2D eigenvalue weighted by atomic mass is 9.96. The summed E-state index contributed by atoms with van der Waals surface area (Å²) in [7, 11) is 3.43. The number of carbonyl (C=O) groups excluding carboxylic acids is 1. The molecular weight excluding hydrogens is 474 g/mol. The average Bonchev–Trinajstić information content (AvgIpc) is 2.64. The molecule has 6 nitrogen and oxygen atoms in total. The lowest BCUT2D eigenvalue weighted by molar-refractivity contribution is -0.127. The van der Waals surface area contributed by atoms with Gasteiger partial charge in [-0.3, -0.25) is 4.79 Å². The Morgan fingerprint density at radius 1 is 1.32 bits per heavy atom. The minimum atomic E-state index is -0.323. The van der Waals surface area contributed by atoms with E-state index in [1.54, 1.807) is 26.2 Å². The number of ether oxygens (including phenoxy) is 1. The Morgan fingerprint density at radius 2 is 2.04 bits per heavy atom. The van der Waals surface area contributed by atoms with Crippen molar-refractivity contribution in [1.82, 2.24) is 15.5 Å². The molecule has 1 amide bonds. The minimum Gasteiger partial charge on any atom is -0.489 e. The zero-order valence-electron chi connectivity index (χ0n) is 16.9. The molecule has 0 aromatic heterocycles. The van der Waals surface area contributed by atoms with Gasteiger partial charge in [-0.25, -0.2) is 9.38 Å². The van der Waals surface area contributed by atoms with Crippen LogP contribution in [-0.2, 0) is 4.79 Å².